The zero-order chi connectivity index (χ0) is 15.6. The molecule has 1 aromatic heterocycles. The molecule has 0 fully saturated rings. The maximum absolute atomic E-state index is 12.2. The summed E-state index contributed by atoms with van der Waals surface area (Å²) in [5, 5.41) is 0. The van der Waals surface area contributed by atoms with E-state index < -0.39 is 26.2 Å². The zero-order valence-corrected chi connectivity index (χ0v) is 12.4. The van der Waals surface area contributed by atoms with E-state index in [1.54, 1.807) is 24.3 Å². The summed E-state index contributed by atoms with van der Waals surface area (Å²) in [6.45, 7) is 0.0647. The van der Waals surface area contributed by atoms with Gasteiger partial charge in [-0.05, 0) is 5.56 Å². The van der Waals surface area contributed by atoms with Crippen LogP contribution in [0.5, 0.6) is 0 Å². The Kier molecular flexibility index (Phi) is 4.10. The van der Waals surface area contributed by atoms with Gasteiger partial charge in [-0.15, -0.1) is 0 Å². The standard InChI is InChI=1S/C13H15N3O4S/c1-15-9-11(12(17)16(2)13(15)18)21(19,20)14-8-10-6-4-3-5-7-10/h3-7,9,14H,8H2,1-2H3. The van der Waals surface area contributed by atoms with Crippen molar-refractivity contribution >= 4 is 10.0 Å². The van der Waals surface area contributed by atoms with E-state index in [2.05, 4.69) is 4.72 Å². The van der Waals surface area contributed by atoms with Crippen LogP contribution < -0.4 is 16.0 Å². The molecular formula is C13H15N3O4S. The van der Waals surface area contributed by atoms with E-state index in [1.807, 2.05) is 6.07 Å². The molecule has 7 nitrogen and oxygen atoms in total. The van der Waals surface area contributed by atoms with Crippen LogP contribution in [0.15, 0.2) is 51.0 Å². The second-order valence-electron chi connectivity index (χ2n) is 4.56. The van der Waals surface area contributed by atoms with Gasteiger partial charge in [0.05, 0.1) is 0 Å². The van der Waals surface area contributed by atoms with Crippen LogP contribution in [0.3, 0.4) is 0 Å². The molecular weight excluding hydrogens is 294 g/mol. The van der Waals surface area contributed by atoms with E-state index in [-0.39, 0.29) is 6.54 Å². The van der Waals surface area contributed by atoms with Crippen molar-refractivity contribution in [3.63, 3.8) is 0 Å². The van der Waals surface area contributed by atoms with Crippen LogP contribution in [0, 0.1) is 0 Å². The minimum Gasteiger partial charge on any atom is -0.302 e. The predicted octanol–water partition coefficient (Wildman–Crippen LogP) is -0.437. The number of aromatic nitrogens is 2. The Hall–Kier alpha value is -2.19. The van der Waals surface area contributed by atoms with Crippen molar-refractivity contribution in [1.82, 2.24) is 13.9 Å². The fourth-order valence-electron chi connectivity index (χ4n) is 1.81. The molecule has 0 saturated heterocycles. The third kappa shape index (κ3) is 3.11. The first-order chi connectivity index (χ1) is 9.83. The van der Waals surface area contributed by atoms with Gasteiger partial charge in [-0.3, -0.25) is 9.36 Å². The van der Waals surface area contributed by atoms with Crippen molar-refractivity contribution in [2.75, 3.05) is 0 Å². The summed E-state index contributed by atoms with van der Waals surface area (Å²) in [7, 11) is -1.37. The number of hydrogen-bond acceptors (Lipinski definition) is 4. The van der Waals surface area contributed by atoms with Crippen LogP contribution >= 0.6 is 0 Å². The van der Waals surface area contributed by atoms with Crippen molar-refractivity contribution < 1.29 is 8.42 Å². The van der Waals surface area contributed by atoms with E-state index in [0.29, 0.717) is 0 Å². The van der Waals surface area contributed by atoms with E-state index in [4.69, 9.17) is 0 Å². The van der Waals surface area contributed by atoms with Crippen LogP contribution in [-0.2, 0) is 30.7 Å². The highest BCUT2D eigenvalue weighted by Crippen LogP contribution is 2.03. The molecule has 0 aliphatic carbocycles. The predicted molar refractivity (Wildman–Crippen MR) is 77.4 cm³/mol. The normalized spacial score (nSPS) is 11.5. The van der Waals surface area contributed by atoms with Gasteiger partial charge < -0.3 is 4.57 Å². The SMILES string of the molecule is Cn1cc(S(=O)(=O)NCc2ccccc2)c(=O)n(C)c1=O. The van der Waals surface area contributed by atoms with Crippen molar-refractivity contribution in [2.24, 2.45) is 14.1 Å². The van der Waals surface area contributed by atoms with Crippen LogP contribution in [0.25, 0.3) is 0 Å². The minimum atomic E-state index is -3.99. The Morgan fingerprint density at radius 2 is 1.71 bits per heavy atom. The Balaban J connectivity index is 2.37. The number of nitrogens with one attached hydrogen (secondary N) is 1. The van der Waals surface area contributed by atoms with Gasteiger partial charge in [-0.2, -0.15) is 0 Å². The molecule has 2 rings (SSSR count). The van der Waals surface area contributed by atoms with E-state index in [0.717, 1.165) is 20.9 Å². The van der Waals surface area contributed by atoms with Gasteiger partial charge in [0.15, 0.2) is 4.90 Å². The number of rotatable bonds is 4. The lowest BCUT2D eigenvalue weighted by Gasteiger charge is -2.09. The number of sulfonamides is 1. The maximum atomic E-state index is 12.2. The fraction of sp³-hybridized carbons (Fsp3) is 0.231. The highest BCUT2D eigenvalue weighted by molar-refractivity contribution is 7.89. The lowest BCUT2D eigenvalue weighted by Crippen LogP contribution is -2.41. The molecule has 0 spiro atoms. The van der Waals surface area contributed by atoms with Crippen LogP contribution in [0.1, 0.15) is 5.56 Å². The summed E-state index contributed by atoms with van der Waals surface area (Å²) in [4.78, 5) is 23.0. The molecule has 1 aromatic carbocycles. The number of aryl methyl sites for hydroxylation is 1. The average Bonchev–Trinajstić information content (AvgIpc) is 2.48. The molecule has 0 aliphatic rings. The minimum absolute atomic E-state index is 0.0647. The zero-order valence-electron chi connectivity index (χ0n) is 11.6. The van der Waals surface area contributed by atoms with Gasteiger partial charge in [0.25, 0.3) is 5.56 Å². The molecule has 0 bridgehead atoms. The van der Waals surface area contributed by atoms with E-state index >= 15 is 0 Å². The summed E-state index contributed by atoms with van der Waals surface area (Å²) in [6.07, 6.45) is 1.03. The van der Waals surface area contributed by atoms with Crippen LogP contribution in [-0.4, -0.2) is 17.6 Å². The van der Waals surface area contributed by atoms with Crippen molar-refractivity contribution in [2.45, 2.75) is 11.4 Å². The number of hydrogen-bond donors (Lipinski definition) is 1. The Bertz CT molecular complexity index is 867. The van der Waals surface area contributed by atoms with Crippen LogP contribution in [0.4, 0.5) is 0 Å². The molecule has 112 valence electrons. The Morgan fingerprint density at radius 3 is 2.33 bits per heavy atom. The Morgan fingerprint density at radius 1 is 1.10 bits per heavy atom. The molecule has 2 aromatic rings. The third-order valence-corrected chi connectivity index (χ3v) is 4.40. The first-order valence-electron chi connectivity index (χ1n) is 6.13. The van der Waals surface area contributed by atoms with E-state index in [9.17, 15) is 18.0 Å². The lowest BCUT2D eigenvalue weighted by molar-refractivity contribution is 0.570. The summed E-state index contributed by atoms with van der Waals surface area (Å²) in [6, 6.07) is 8.92. The van der Waals surface area contributed by atoms with E-state index in [1.165, 1.54) is 14.1 Å². The van der Waals surface area contributed by atoms with Gasteiger partial charge >= 0.3 is 5.69 Å². The molecule has 0 unspecified atom stereocenters. The van der Waals surface area contributed by atoms with Gasteiger partial charge in [0, 0.05) is 26.8 Å². The van der Waals surface area contributed by atoms with Gasteiger partial charge in [0.2, 0.25) is 10.0 Å². The van der Waals surface area contributed by atoms with Crippen molar-refractivity contribution in [3.8, 4) is 0 Å². The Labute approximate surface area is 121 Å². The molecule has 8 heteroatoms. The first-order valence-corrected chi connectivity index (χ1v) is 7.61. The summed E-state index contributed by atoms with van der Waals surface area (Å²) in [5.74, 6) is 0. The second kappa shape index (κ2) is 5.66. The maximum Gasteiger partial charge on any atom is 0.330 e. The van der Waals surface area contributed by atoms with Gasteiger partial charge in [-0.25, -0.2) is 17.9 Å². The third-order valence-electron chi connectivity index (χ3n) is 3.01. The molecule has 0 aliphatic heterocycles. The lowest BCUT2D eigenvalue weighted by atomic mass is 10.2. The topological polar surface area (TPSA) is 90.2 Å². The fourth-order valence-corrected chi connectivity index (χ4v) is 2.99. The molecule has 0 amide bonds. The summed E-state index contributed by atoms with van der Waals surface area (Å²) < 4.78 is 28.6. The average molecular weight is 309 g/mol. The molecule has 1 heterocycles. The molecule has 21 heavy (non-hydrogen) atoms. The smallest absolute Gasteiger partial charge is 0.302 e. The van der Waals surface area contributed by atoms with Gasteiger partial charge in [-0.1, -0.05) is 30.3 Å². The van der Waals surface area contributed by atoms with Gasteiger partial charge in [0.1, 0.15) is 0 Å². The summed E-state index contributed by atoms with van der Waals surface area (Å²) >= 11 is 0. The van der Waals surface area contributed by atoms with Crippen molar-refractivity contribution in [3.05, 3.63) is 62.9 Å². The summed E-state index contributed by atoms with van der Waals surface area (Å²) in [5.41, 5.74) is -0.664. The monoisotopic (exact) mass is 309 g/mol. The highest BCUT2D eigenvalue weighted by atomic mass is 32.2. The number of nitrogens with zero attached hydrogens (tertiary/aromatic N) is 2. The van der Waals surface area contributed by atoms with Crippen LogP contribution in [0.2, 0.25) is 0 Å². The first kappa shape index (κ1) is 15.2. The largest absolute Gasteiger partial charge is 0.330 e. The highest BCUT2D eigenvalue weighted by Gasteiger charge is 2.20. The van der Waals surface area contributed by atoms with Crippen molar-refractivity contribution in [1.29, 1.82) is 0 Å². The second-order valence-corrected chi connectivity index (χ2v) is 6.30. The molecule has 0 atom stereocenters. The number of benzene rings is 1. The molecule has 0 saturated carbocycles. The molecule has 0 radical (unpaired) electrons. The quantitative estimate of drug-likeness (QED) is 0.829. The molecule has 1 N–H and O–H groups in total.